The van der Waals surface area contributed by atoms with Crippen LogP contribution in [0.5, 0.6) is 0 Å². The molecule has 4 heteroatoms. The van der Waals surface area contributed by atoms with Crippen molar-refractivity contribution in [3.8, 4) is 0 Å². The van der Waals surface area contributed by atoms with E-state index in [0.717, 1.165) is 18.7 Å². The summed E-state index contributed by atoms with van der Waals surface area (Å²) < 4.78 is 0. The van der Waals surface area contributed by atoms with Crippen molar-refractivity contribution < 1.29 is 0 Å². The van der Waals surface area contributed by atoms with Crippen LogP contribution in [0.4, 0.5) is 0 Å². The molecule has 1 heterocycles. The largest absolute Gasteiger partial charge is 0.319 e. The summed E-state index contributed by atoms with van der Waals surface area (Å²) in [6.45, 7) is 9.10. The van der Waals surface area contributed by atoms with Gasteiger partial charge in [0.15, 0.2) is 0 Å². The topological polar surface area (TPSA) is 67.6 Å². The molecule has 1 aromatic heterocycles. The van der Waals surface area contributed by atoms with Crippen molar-refractivity contribution in [1.82, 2.24) is 15.2 Å². The number of aromatic nitrogens is 3. The Morgan fingerprint density at radius 3 is 1.87 bits per heavy atom. The van der Waals surface area contributed by atoms with Crippen molar-refractivity contribution in [2.75, 3.05) is 0 Å². The van der Waals surface area contributed by atoms with Crippen molar-refractivity contribution in [2.45, 2.75) is 97.4 Å². The Morgan fingerprint density at radius 1 is 1.00 bits per heavy atom. The average Bonchev–Trinajstić information content (AvgIpc) is 3.10. The molecule has 23 heavy (non-hydrogen) atoms. The van der Waals surface area contributed by atoms with Crippen LogP contribution in [0, 0.1) is 11.8 Å². The van der Waals surface area contributed by atoms with Gasteiger partial charge in [0.2, 0.25) is 0 Å². The van der Waals surface area contributed by atoms with Gasteiger partial charge in [-0.2, -0.15) is 5.10 Å². The average molecular weight is 323 g/mol. The molecule has 0 fully saturated rings. The van der Waals surface area contributed by atoms with Gasteiger partial charge in [-0.1, -0.05) is 79.1 Å². The van der Waals surface area contributed by atoms with Crippen molar-refractivity contribution in [2.24, 2.45) is 17.6 Å². The summed E-state index contributed by atoms with van der Waals surface area (Å²) in [5.74, 6) is 2.23. The molecule has 0 radical (unpaired) electrons. The van der Waals surface area contributed by atoms with E-state index in [1.54, 1.807) is 6.33 Å². The van der Waals surface area contributed by atoms with Gasteiger partial charge in [-0.05, 0) is 24.7 Å². The number of unbranched alkanes of at least 4 members (excludes halogenated alkanes) is 2. The van der Waals surface area contributed by atoms with E-state index < -0.39 is 0 Å². The highest BCUT2D eigenvalue weighted by molar-refractivity contribution is 5.04. The fraction of sp³-hybridized carbons (Fsp3) is 0.895. The second-order valence-corrected chi connectivity index (χ2v) is 7.23. The molecule has 0 aromatic carbocycles. The maximum Gasteiger partial charge on any atom is 0.144 e. The van der Waals surface area contributed by atoms with Gasteiger partial charge in [-0.15, -0.1) is 0 Å². The van der Waals surface area contributed by atoms with E-state index in [9.17, 15) is 0 Å². The van der Waals surface area contributed by atoms with E-state index in [4.69, 9.17) is 5.73 Å². The summed E-state index contributed by atoms with van der Waals surface area (Å²) in [5, 5.41) is 7.13. The van der Waals surface area contributed by atoms with Crippen LogP contribution in [-0.2, 0) is 5.54 Å². The Hall–Kier alpha value is -0.900. The van der Waals surface area contributed by atoms with Gasteiger partial charge >= 0.3 is 0 Å². The maximum absolute atomic E-state index is 6.93. The zero-order valence-electron chi connectivity index (χ0n) is 15.8. The van der Waals surface area contributed by atoms with Crippen LogP contribution in [0.2, 0.25) is 0 Å². The van der Waals surface area contributed by atoms with E-state index in [2.05, 4.69) is 42.9 Å². The highest BCUT2D eigenvalue weighted by Crippen LogP contribution is 2.35. The minimum atomic E-state index is -0.362. The Kier molecular flexibility index (Phi) is 9.46. The van der Waals surface area contributed by atoms with Crippen molar-refractivity contribution in [3.05, 3.63) is 12.2 Å². The molecule has 1 aromatic rings. The highest BCUT2D eigenvalue weighted by atomic mass is 15.2. The molecule has 0 aliphatic heterocycles. The number of hydrogen-bond acceptors (Lipinski definition) is 3. The lowest BCUT2D eigenvalue weighted by Crippen LogP contribution is -2.42. The molecular weight excluding hydrogens is 284 g/mol. The molecule has 0 saturated heterocycles. The van der Waals surface area contributed by atoms with Gasteiger partial charge in [0.05, 0.1) is 5.54 Å². The lowest BCUT2D eigenvalue weighted by atomic mass is 9.76. The van der Waals surface area contributed by atoms with Crippen molar-refractivity contribution in [3.63, 3.8) is 0 Å². The Bertz CT molecular complexity index is 370. The number of H-pyrrole nitrogens is 1. The van der Waals surface area contributed by atoms with Crippen LogP contribution >= 0.6 is 0 Å². The predicted octanol–water partition coefficient (Wildman–Crippen LogP) is 5.17. The molecule has 2 atom stereocenters. The molecule has 2 unspecified atom stereocenters. The molecule has 0 aliphatic carbocycles. The Balaban J connectivity index is 2.84. The lowest BCUT2D eigenvalue weighted by Gasteiger charge is -2.34. The SMILES string of the molecule is CCCCC(CC)CC(N)(CC(CC)CCCC)c1ncn[nH]1. The summed E-state index contributed by atoms with van der Waals surface area (Å²) >= 11 is 0. The van der Waals surface area contributed by atoms with Crippen LogP contribution in [0.25, 0.3) is 0 Å². The van der Waals surface area contributed by atoms with Gasteiger partial charge < -0.3 is 5.73 Å². The number of aromatic amines is 1. The summed E-state index contributed by atoms with van der Waals surface area (Å²) in [6, 6.07) is 0. The Morgan fingerprint density at radius 2 is 1.52 bits per heavy atom. The molecule has 1 rings (SSSR count). The molecular formula is C19H38N4. The van der Waals surface area contributed by atoms with Gasteiger partial charge in [-0.25, -0.2) is 4.98 Å². The predicted molar refractivity (Wildman–Crippen MR) is 98.1 cm³/mol. The van der Waals surface area contributed by atoms with Gasteiger partial charge in [-0.3, -0.25) is 5.10 Å². The summed E-state index contributed by atoms with van der Waals surface area (Å²) in [4.78, 5) is 4.43. The number of nitrogens with one attached hydrogen (secondary N) is 1. The number of hydrogen-bond donors (Lipinski definition) is 2. The Labute approximate surface area is 143 Å². The molecule has 0 spiro atoms. The van der Waals surface area contributed by atoms with Crippen LogP contribution in [0.3, 0.4) is 0 Å². The summed E-state index contributed by atoms with van der Waals surface area (Å²) in [7, 11) is 0. The molecule has 4 nitrogen and oxygen atoms in total. The van der Waals surface area contributed by atoms with Crippen LogP contribution in [0.1, 0.15) is 97.7 Å². The number of nitrogens with zero attached hydrogens (tertiary/aromatic N) is 2. The second kappa shape index (κ2) is 10.8. The third-order valence-electron chi connectivity index (χ3n) is 5.28. The quantitative estimate of drug-likeness (QED) is 0.526. The number of nitrogens with two attached hydrogens (primary N) is 1. The van der Waals surface area contributed by atoms with E-state index in [0.29, 0.717) is 11.8 Å². The van der Waals surface area contributed by atoms with Crippen LogP contribution in [-0.4, -0.2) is 15.2 Å². The molecule has 3 N–H and O–H groups in total. The monoisotopic (exact) mass is 322 g/mol. The molecule has 0 saturated carbocycles. The third-order valence-corrected chi connectivity index (χ3v) is 5.28. The molecule has 0 bridgehead atoms. The fourth-order valence-electron chi connectivity index (χ4n) is 3.64. The van der Waals surface area contributed by atoms with E-state index in [1.807, 2.05) is 0 Å². The first-order chi connectivity index (χ1) is 11.1. The van der Waals surface area contributed by atoms with E-state index in [1.165, 1.54) is 51.4 Å². The third kappa shape index (κ3) is 6.62. The maximum atomic E-state index is 6.93. The summed E-state index contributed by atoms with van der Waals surface area (Å²) in [5.41, 5.74) is 6.56. The van der Waals surface area contributed by atoms with E-state index in [-0.39, 0.29) is 5.54 Å². The van der Waals surface area contributed by atoms with Crippen LogP contribution < -0.4 is 5.73 Å². The van der Waals surface area contributed by atoms with Gasteiger partial charge in [0.1, 0.15) is 12.2 Å². The first kappa shape index (κ1) is 20.1. The lowest BCUT2D eigenvalue weighted by molar-refractivity contribution is 0.222. The smallest absolute Gasteiger partial charge is 0.144 e. The van der Waals surface area contributed by atoms with E-state index >= 15 is 0 Å². The molecule has 0 aliphatic rings. The van der Waals surface area contributed by atoms with Gasteiger partial charge in [0.25, 0.3) is 0 Å². The van der Waals surface area contributed by atoms with Gasteiger partial charge in [0, 0.05) is 0 Å². The highest BCUT2D eigenvalue weighted by Gasteiger charge is 2.35. The zero-order valence-corrected chi connectivity index (χ0v) is 15.8. The first-order valence-electron chi connectivity index (χ1n) is 9.74. The normalized spacial score (nSPS) is 16.9. The fourth-order valence-corrected chi connectivity index (χ4v) is 3.64. The minimum Gasteiger partial charge on any atom is -0.319 e. The van der Waals surface area contributed by atoms with Crippen LogP contribution in [0.15, 0.2) is 6.33 Å². The van der Waals surface area contributed by atoms with Crippen molar-refractivity contribution >= 4 is 0 Å². The summed E-state index contributed by atoms with van der Waals surface area (Å²) in [6.07, 6.45) is 13.6. The molecule has 134 valence electrons. The standard InChI is InChI=1S/C19H38N4/c1-5-9-11-16(7-3)13-19(20,18-21-15-22-23-18)14-17(8-4)12-10-6-2/h15-17H,5-14,20H2,1-4H3,(H,21,22,23). The zero-order chi connectivity index (χ0) is 17.1. The first-order valence-corrected chi connectivity index (χ1v) is 9.74. The van der Waals surface area contributed by atoms with Crippen molar-refractivity contribution in [1.29, 1.82) is 0 Å². The molecule has 0 amide bonds. The second-order valence-electron chi connectivity index (χ2n) is 7.23. The minimum absolute atomic E-state index is 0.362. The number of rotatable bonds is 13.